The predicted octanol–water partition coefficient (Wildman–Crippen LogP) is 2.55. The van der Waals surface area contributed by atoms with E-state index in [2.05, 4.69) is 11.4 Å². The number of ether oxygens (including phenoxy) is 1. The zero-order chi connectivity index (χ0) is 17.8. The summed E-state index contributed by atoms with van der Waals surface area (Å²) < 4.78 is 19.3. The summed E-state index contributed by atoms with van der Waals surface area (Å²) in [5, 5.41) is 12.5. The normalized spacial score (nSPS) is 19.4. The van der Waals surface area contributed by atoms with E-state index in [-0.39, 0.29) is 30.4 Å². The number of nitrogens with one attached hydrogen (secondary N) is 1. The number of hydrogen-bond donors (Lipinski definition) is 2. The lowest BCUT2D eigenvalue weighted by molar-refractivity contribution is -0.119. The maximum atomic E-state index is 13.7. The average molecular weight is 339 g/mol. The van der Waals surface area contributed by atoms with Crippen LogP contribution in [-0.4, -0.2) is 11.9 Å². The molecule has 0 aromatic heterocycles. The minimum absolute atomic E-state index is 0.0229. The fourth-order valence-corrected chi connectivity index (χ4v) is 2.98. The molecular weight excluding hydrogens is 321 g/mol. The molecule has 3 N–H and O–H groups in total. The Morgan fingerprint density at radius 3 is 2.80 bits per heavy atom. The van der Waals surface area contributed by atoms with Crippen LogP contribution in [0.25, 0.3) is 0 Å². The summed E-state index contributed by atoms with van der Waals surface area (Å²) in [6.45, 7) is 0.0477. The van der Waals surface area contributed by atoms with Crippen molar-refractivity contribution in [2.75, 3.05) is 0 Å². The molecule has 0 aliphatic carbocycles. The fraction of sp³-hybridized carbons (Fsp3) is 0.263. The van der Waals surface area contributed by atoms with E-state index in [1.54, 1.807) is 30.3 Å². The lowest BCUT2D eigenvalue weighted by Gasteiger charge is -2.15. The Morgan fingerprint density at radius 1 is 1.32 bits per heavy atom. The number of benzene rings is 2. The van der Waals surface area contributed by atoms with Crippen molar-refractivity contribution in [2.45, 2.75) is 31.5 Å². The number of amides is 1. The highest BCUT2D eigenvalue weighted by Crippen LogP contribution is 2.30. The van der Waals surface area contributed by atoms with Crippen LogP contribution in [0.1, 0.15) is 35.6 Å². The monoisotopic (exact) mass is 339 g/mol. The van der Waals surface area contributed by atoms with Crippen LogP contribution in [0.4, 0.5) is 4.39 Å². The van der Waals surface area contributed by atoms with Gasteiger partial charge in [0.25, 0.3) is 0 Å². The molecule has 1 saturated heterocycles. The van der Waals surface area contributed by atoms with Gasteiger partial charge in [0, 0.05) is 11.6 Å². The van der Waals surface area contributed by atoms with Crippen LogP contribution in [0, 0.1) is 17.1 Å². The van der Waals surface area contributed by atoms with Gasteiger partial charge >= 0.3 is 0 Å². The van der Waals surface area contributed by atoms with Crippen molar-refractivity contribution in [1.29, 1.82) is 5.26 Å². The smallest absolute Gasteiger partial charge is 0.234 e. The van der Waals surface area contributed by atoms with Gasteiger partial charge in [0.2, 0.25) is 5.91 Å². The number of halogens is 1. The van der Waals surface area contributed by atoms with E-state index in [1.807, 2.05) is 6.07 Å². The maximum Gasteiger partial charge on any atom is 0.234 e. The molecule has 1 aliphatic heterocycles. The Morgan fingerprint density at radius 2 is 2.12 bits per heavy atom. The number of hydrogen-bond acceptors (Lipinski definition) is 4. The number of carbonyl (C=O) groups excluding carboxylic acids is 1. The number of rotatable bonds is 5. The molecule has 1 amide bonds. The molecule has 0 bridgehead atoms. The average Bonchev–Trinajstić information content (AvgIpc) is 3.11. The molecule has 1 aliphatic rings. The lowest BCUT2D eigenvalue weighted by Crippen LogP contribution is -2.37. The van der Waals surface area contributed by atoms with Crippen LogP contribution in [0.5, 0.6) is 5.75 Å². The number of primary amides is 1. The molecule has 0 radical (unpaired) electrons. The van der Waals surface area contributed by atoms with Crippen molar-refractivity contribution in [3.63, 3.8) is 0 Å². The number of nitrogens with zero attached hydrogens (tertiary/aromatic N) is 1. The maximum absolute atomic E-state index is 13.7. The van der Waals surface area contributed by atoms with Crippen molar-refractivity contribution >= 4 is 5.91 Å². The van der Waals surface area contributed by atoms with Gasteiger partial charge < -0.3 is 10.5 Å². The highest BCUT2D eigenvalue weighted by atomic mass is 19.1. The first-order valence-corrected chi connectivity index (χ1v) is 8.04. The number of carbonyl (C=O) groups is 1. The molecule has 0 unspecified atom stereocenters. The Bertz CT molecular complexity index is 832. The Balaban J connectivity index is 1.73. The second-order valence-corrected chi connectivity index (χ2v) is 6.00. The largest absolute Gasteiger partial charge is 0.487 e. The second kappa shape index (κ2) is 7.32. The van der Waals surface area contributed by atoms with Crippen LogP contribution >= 0.6 is 0 Å². The fourth-order valence-electron chi connectivity index (χ4n) is 2.98. The van der Waals surface area contributed by atoms with E-state index < -0.39 is 0 Å². The standard InChI is InChI=1S/C19H18FN3O2/c20-15-4-2-1-3-13(15)11-25-18-8-5-12(9-14(18)10-21)16-6-7-17(23-16)19(22)24/h1-5,8-9,16-17,23H,6-7,11H2,(H2,22,24)/t16-,17+/m1/s1. The summed E-state index contributed by atoms with van der Waals surface area (Å²) in [5.74, 6) is -0.308. The van der Waals surface area contributed by atoms with E-state index in [4.69, 9.17) is 10.5 Å². The molecular formula is C19H18FN3O2. The first kappa shape index (κ1) is 16.9. The molecule has 2 aromatic carbocycles. The minimum atomic E-state index is -0.368. The van der Waals surface area contributed by atoms with Crippen molar-refractivity contribution in [3.8, 4) is 11.8 Å². The van der Waals surface area contributed by atoms with E-state index in [0.717, 1.165) is 12.0 Å². The third kappa shape index (κ3) is 3.78. The molecule has 6 heteroatoms. The summed E-state index contributed by atoms with van der Waals surface area (Å²) in [6.07, 6.45) is 1.45. The molecule has 25 heavy (non-hydrogen) atoms. The quantitative estimate of drug-likeness (QED) is 0.876. The molecule has 1 heterocycles. The van der Waals surface area contributed by atoms with Crippen LogP contribution in [0.3, 0.4) is 0 Å². The SMILES string of the molecule is N#Cc1cc([C@H]2CC[C@@H](C(N)=O)N2)ccc1OCc1ccccc1F. The van der Waals surface area contributed by atoms with Gasteiger partial charge in [-0.25, -0.2) is 4.39 Å². The zero-order valence-corrected chi connectivity index (χ0v) is 13.5. The van der Waals surface area contributed by atoms with E-state index in [0.29, 0.717) is 23.3 Å². The first-order chi connectivity index (χ1) is 12.1. The summed E-state index contributed by atoms with van der Waals surface area (Å²) in [7, 11) is 0. The molecule has 2 aromatic rings. The van der Waals surface area contributed by atoms with Crippen molar-refractivity contribution in [3.05, 3.63) is 65.0 Å². The van der Waals surface area contributed by atoms with Gasteiger partial charge in [-0.2, -0.15) is 5.26 Å². The molecule has 2 atom stereocenters. The topological polar surface area (TPSA) is 88.1 Å². The third-order valence-corrected chi connectivity index (χ3v) is 4.36. The van der Waals surface area contributed by atoms with Crippen LogP contribution < -0.4 is 15.8 Å². The Hall–Kier alpha value is -2.91. The lowest BCUT2D eigenvalue weighted by atomic mass is 10.0. The first-order valence-electron chi connectivity index (χ1n) is 8.04. The Kier molecular flexibility index (Phi) is 4.96. The molecule has 128 valence electrons. The van der Waals surface area contributed by atoms with E-state index in [1.165, 1.54) is 6.07 Å². The number of nitriles is 1. The molecule has 0 saturated carbocycles. The molecule has 0 spiro atoms. The predicted molar refractivity (Wildman–Crippen MR) is 90.0 cm³/mol. The summed E-state index contributed by atoms with van der Waals surface area (Å²) in [4.78, 5) is 11.3. The molecule has 1 fully saturated rings. The number of nitrogens with two attached hydrogens (primary N) is 1. The van der Waals surface area contributed by atoms with Gasteiger partial charge in [-0.05, 0) is 36.6 Å². The van der Waals surface area contributed by atoms with E-state index in [9.17, 15) is 14.4 Å². The Labute approximate surface area is 145 Å². The van der Waals surface area contributed by atoms with Gasteiger partial charge in [0.1, 0.15) is 24.2 Å². The highest BCUT2D eigenvalue weighted by molar-refractivity contribution is 5.80. The molecule has 5 nitrogen and oxygen atoms in total. The van der Waals surface area contributed by atoms with Gasteiger partial charge in [-0.3, -0.25) is 10.1 Å². The van der Waals surface area contributed by atoms with Gasteiger partial charge in [0.05, 0.1) is 11.6 Å². The van der Waals surface area contributed by atoms with Crippen molar-refractivity contribution in [1.82, 2.24) is 5.32 Å². The second-order valence-electron chi connectivity index (χ2n) is 6.00. The van der Waals surface area contributed by atoms with Crippen LogP contribution in [0.15, 0.2) is 42.5 Å². The van der Waals surface area contributed by atoms with Gasteiger partial charge in [-0.15, -0.1) is 0 Å². The summed E-state index contributed by atoms with van der Waals surface area (Å²) in [5.41, 5.74) is 7.02. The van der Waals surface area contributed by atoms with Crippen LogP contribution in [0.2, 0.25) is 0 Å². The third-order valence-electron chi connectivity index (χ3n) is 4.36. The summed E-state index contributed by atoms with van der Waals surface area (Å²) >= 11 is 0. The summed E-state index contributed by atoms with van der Waals surface area (Å²) in [6, 6.07) is 13.4. The molecule has 3 rings (SSSR count). The highest BCUT2D eigenvalue weighted by Gasteiger charge is 2.28. The van der Waals surface area contributed by atoms with Crippen molar-refractivity contribution < 1.29 is 13.9 Å². The van der Waals surface area contributed by atoms with Gasteiger partial charge in [0.15, 0.2) is 0 Å². The minimum Gasteiger partial charge on any atom is -0.487 e. The van der Waals surface area contributed by atoms with Crippen molar-refractivity contribution in [2.24, 2.45) is 5.73 Å². The van der Waals surface area contributed by atoms with E-state index >= 15 is 0 Å². The zero-order valence-electron chi connectivity index (χ0n) is 13.5. The van der Waals surface area contributed by atoms with Crippen LogP contribution in [-0.2, 0) is 11.4 Å². The van der Waals surface area contributed by atoms with Gasteiger partial charge in [-0.1, -0.05) is 24.3 Å².